The predicted octanol–water partition coefficient (Wildman–Crippen LogP) is 4.53. The summed E-state index contributed by atoms with van der Waals surface area (Å²) in [4.78, 5) is 12.1. The summed E-state index contributed by atoms with van der Waals surface area (Å²) < 4.78 is 5.22. The molecule has 0 spiro atoms. The number of nitriles is 2. The first-order chi connectivity index (χ1) is 16.4. The summed E-state index contributed by atoms with van der Waals surface area (Å²) in [6.45, 7) is 0. The highest BCUT2D eigenvalue weighted by molar-refractivity contribution is 5.45. The van der Waals surface area contributed by atoms with Gasteiger partial charge in [-0.05, 0) is 35.2 Å². The molecule has 4 rings (SSSR count). The van der Waals surface area contributed by atoms with Crippen molar-refractivity contribution < 1.29 is 14.8 Å². The number of hydrogen-bond donors (Lipinski definition) is 1. The molecule has 0 heterocycles. The quantitative estimate of drug-likeness (QED) is 0.447. The fraction of sp³-hybridized carbons (Fsp3) is 0.259. The lowest BCUT2D eigenvalue weighted by Crippen LogP contribution is -2.59. The first-order valence-corrected chi connectivity index (χ1v) is 10.8. The zero-order chi connectivity index (χ0) is 24.3. The van der Waals surface area contributed by atoms with Gasteiger partial charge in [-0.3, -0.25) is 10.1 Å². The van der Waals surface area contributed by atoms with Gasteiger partial charge < -0.3 is 9.84 Å². The van der Waals surface area contributed by atoms with Gasteiger partial charge in [0.25, 0.3) is 6.04 Å². The molecule has 3 aromatic carbocycles. The van der Waals surface area contributed by atoms with Crippen LogP contribution in [0.3, 0.4) is 0 Å². The topological polar surface area (TPSA) is 120 Å². The maximum Gasteiger partial charge on any atom is 0.254 e. The SMILES string of the molecule is COc1ccc([C@@H]2[C@@H]([N+](=O)[O-])[C@](O)(c3ccccc3)CC(c3ccccc3)C2(C#N)C#N)cc1. The van der Waals surface area contributed by atoms with E-state index in [4.69, 9.17) is 4.74 Å². The Morgan fingerprint density at radius 1 is 0.941 bits per heavy atom. The molecule has 4 atom stereocenters. The third kappa shape index (κ3) is 3.57. The van der Waals surface area contributed by atoms with Crippen LogP contribution in [0.1, 0.15) is 34.9 Å². The molecule has 7 heteroatoms. The second-order valence-electron chi connectivity index (χ2n) is 8.53. The number of nitrogens with zero attached hydrogens (tertiary/aromatic N) is 3. The van der Waals surface area contributed by atoms with Gasteiger partial charge in [-0.15, -0.1) is 0 Å². The van der Waals surface area contributed by atoms with Crippen LogP contribution in [0.5, 0.6) is 5.75 Å². The maximum atomic E-state index is 12.6. The second kappa shape index (κ2) is 8.97. The molecule has 0 aliphatic heterocycles. The van der Waals surface area contributed by atoms with Gasteiger partial charge in [0.05, 0.1) is 25.2 Å². The Balaban J connectivity index is 2.04. The van der Waals surface area contributed by atoms with Crippen LogP contribution in [0.15, 0.2) is 84.9 Å². The standard InChI is InChI=1S/C27H23N3O4/c1-34-22-14-12-20(13-15-22)24-25(30(32)33)27(31,21-10-6-3-7-11-21)16-23(26(24,17-28)18-29)19-8-4-2-5-9-19/h2-15,23-25,31H,16H2,1H3/t23?,24-,25-,27-/m1/s1. The Morgan fingerprint density at radius 3 is 2.00 bits per heavy atom. The van der Waals surface area contributed by atoms with E-state index in [0.717, 1.165) is 0 Å². The van der Waals surface area contributed by atoms with Crippen molar-refractivity contribution in [2.24, 2.45) is 5.41 Å². The Labute approximate surface area is 197 Å². The molecule has 170 valence electrons. The third-order valence-corrected chi connectivity index (χ3v) is 6.91. The van der Waals surface area contributed by atoms with Crippen LogP contribution in [0.25, 0.3) is 0 Å². The van der Waals surface area contributed by atoms with Crippen molar-refractivity contribution in [1.29, 1.82) is 10.5 Å². The monoisotopic (exact) mass is 453 g/mol. The van der Waals surface area contributed by atoms with E-state index in [9.17, 15) is 25.7 Å². The van der Waals surface area contributed by atoms with E-state index in [1.54, 1.807) is 78.9 Å². The zero-order valence-electron chi connectivity index (χ0n) is 18.5. The van der Waals surface area contributed by atoms with Crippen molar-refractivity contribution in [2.75, 3.05) is 7.11 Å². The van der Waals surface area contributed by atoms with E-state index in [1.165, 1.54) is 7.11 Å². The number of nitro groups is 1. The zero-order valence-corrected chi connectivity index (χ0v) is 18.5. The van der Waals surface area contributed by atoms with Crippen LogP contribution in [-0.2, 0) is 5.60 Å². The first kappa shape index (κ1) is 23.0. The molecule has 0 radical (unpaired) electrons. The number of aliphatic hydroxyl groups is 1. The summed E-state index contributed by atoms with van der Waals surface area (Å²) >= 11 is 0. The van der Waals surface area contributed by atoms with E-state index < -0.39 is 33.8 Å². The molecule has 1 unspecified atom stereocenters. The Morgan fingerprint density at radius 2 is 1.50 bits per heavy atom. The van der Waals surface area contributed by atoms with Crippen LogP contribution in [0.4, 0.5) is 0 Å². The smallest absolute Gasteiger partial charge is 0.254 e. The van der Waals surface area contributed by atoms with Gasteiger partial charge in [-0.25, -0.2) is 0 Å². The predicted molar refractivity (Wildman–Crippen MR) is 124 cm³/mol. The molecule has 34 heavy (non-hydrogen) atoms. The Hall–Kier alpha value is -4.20. The molecular formula is C27H23N3O4. The molecule has 0 aromatic heterocycles. The average molecular weight is 453 g/mol. The second-order valence-corrected chi connectivity index (χ2v) is 8.53. The van der Waals surface area contributed by atoms with Gasteiger partial charge in [0.15, 0.2) is 11.0 Å². The highest BCUT2D eigenvalue weighted by Gasteiger charge is 2.67. The first-order valence-electron chi connectivity index (χ1n) is 10.8. The van der Waals surface area contributed by atoms with E-state index in [0.29, 0.717) is 22.4 Å². The molecule has 0 bridgehead atoms. The average Bonchev–Trinajstić information content (AvgIpc) is 2.89. The fourth-order valence-corrected chi connectivity index (χ4v) is 5.29. The normalized spacial score (nSPS) is 25.5. The molecule has 1 saturated carbocycles. The summed E-state index contributed by atoms with van der Waals surface area (Å²) in [5.41, 5.74) is -2.26. The van der Waals surface area contributed by atoms with Gasteiger partial charge in [-0.2, -0.15) is 10.5 Å². The highest BCUT2D eigenvalue weighted by atomic mass is 16.6. The number of methoxy groups -OCH3 is 1. The lowest BCUT2D eigenvalue weighted by molar-refractivity contribution is -0.559. The lowest BCUT2D eigenvalue weighted by Gasteiger charge is -2.49. The molecular weight excluding hydrogens is 430 g/mol. The van der Waals surface area contributed by atoms with Crippen LogP contribution >= 0.6 is 0 Å². The molecule has 1 aliphatic rings. The Kier molecular flexibility index (Phi) is 6.06. The van der Waals surface area contributed by atoms with E-state index >= 15 is 0 Å². The van der Waals surface area contributed by atoms with Gasteiger partial charge in [-0.1, -0.05) is 72.8 Å². The van der Waals surface area contributed by atoms with Crippen molar-refractivity contribution in [3.63, 3.8) is 0 Å². The largest absolute Gasteiger partial charge is 0.497 e. The summed E-state index contributed by atoms with van der Waals surface area (Å²) in [6, 6.07) is 26.7. The lowest BCUT2D eigenvalue weighted by atomic mass is 9.51. The molecule has 0 saturated heterocycles. The summed E-state index contributed by atoms with van der Waals surface area (Å²) in [5, 5.41) is 45.6. The highest BCUT2D eigenvalue weighted by Crippen LogP contribution is 2.60. The van der Waals surface area contributed by atoms with Crippen molar-refractivity contribution in [2.45, 2.75) is 29.9 Å². The molecule has 3 aromatic rings. The van der Waals surface area contributed by atoms with Crippen molar-refractivity contribution >= 4 is 0 Å². The summed E-state index contributed by atoms with van der Waals surface area (Å²) in [5.74, 6) is -1.46. The molecule has 1 fully saturated rings. The van der Waals surface area contributed by atoms with E-state index in [-0.39, 0.29) is 6.42 Å². The number of hydrogen-bond acceptors (Lipinski definition) is 6. The van der Waals surface area contributed by atoms with E-state index in [2.05, 4.69) is 12.1 Å². The number of benzene rings is 3. The maximum absolute atomic E-state index is 12.6. The molecule has 7 nitrogen and oxygen atoms in total. The third-order valence-electron chi connectivity index (χ3n) is 6.91. The fourth-order valence-electron chi connectivity index (χ4n) is 5.29. The van der Waals surface area contributed by atoms with Crippen LogP contribution in [0.2, 0.25) is 0 Å². The molecule has 1 aliphatic carbocycles. The van der Waals surface area contributed by atoms with Gasteiger partial charge >= 0.3 is 0 Å². The summed E-state index contributed by atoms with van der Waals surface area (Å²) in [7, 11) is 1.50. The number of rotatable bonds is 5. The van der Waals surface area contributed by atoms with Crippen LogP contribution in [-0.4, -0.2) is 23.2 Å². The minimum Gasteiger partial charge on any atom is -0.497 e. The van der Waals surface area contributed by atoms with Crippen molar-refractivity contribution in [3.8, 4) is 17.9 Å². The van der Waals surface area contributed by atoms with Gasteiger partial charge in [0.2, 0.25) is 0 Å². The molecule has 1 N–H and O–H groups in total. The van der Waals surface area contributed by atoms with Crippen molar-refractivity contribution in [1.82, 2.24) is 0 Å². The minimum absolute atomic E-state index is 0.152. The molecule has 0 amide bonds. The van der Waals surface area contributed by atoms with Crippen LogP contribution in [0, 0.1) is 38.2 Å². The minimum atomic E-state index is -1.92. The van der Waals surface area contributed by atoms with E-state index in [1.807, 2.05) is 6.07 Å². The van der Waals surface area contributed by atoms with Gasteiger partial charge in [0.1, 0.15) is 5.75 Å². The Bertz CT molecular complexity index is 1240. The van der Waals surface area contributed by atoms with Crippen molar-refractivity contribution in [3.05, 3.63) is 112 Å². The van der Waals surface area contributed by atoms with Crippen LogP contribution < -0.4 is 4.74 Å². The number of ether oxygens (including phenoxy) is 1. The summed E-state index contributed by atoms with van der Waals surface area (Å²) in [6.07, 6.45) is -0.152. The van der Waals surface area contributed by atoms with Gasteiger partial charge in [0, 0.05) is 10.8 Å².